The van der Waals surface area contributed by atoms with Gasteiger partial charge in [0.15, 0.2) is 0 Å². The van der Waals surface area contributed by atoms with Gasteiger partial charge in [0.1, 0.15) is 0 Å². The number of ether oxygens (including phenoxy) is 1. The SMILES string of the molecule is CN(C)C[C@@H]1COCCN1C(=O)CCC1CCCC1. The van der Waals surface area contributed by atoms with Gasteiger partial charge in [-0.05, 0) is 26.4 Å². The van der Waals surface area contributed by atoms with Crippen molar-refractivity contribution in [3.63, 3.8) is 0 Å². The highest BCUT2D eigenvalue weighted by Crippen LogP contribution is 2.28. The van der Waals surface area contributed by atoms with Crippen LogP contribution in [0.4, 0.5) is 0 Å². The Morgan fingerprint density at radius 2 is 2.05 bits per heavy atom. The quantitative estimate of drug-likeness (QED) is 0.761. The Morgan fingerprint density at radius 3 is 2.74 bits per heavy atom. The number of carbonyl (C=O) groups is 1. The molecule has 2 rings (SSSR count). The standard InChI is InChI=1S/C15H28N2O2/c1-16(2)11-14-12-19-10-9-17(14)15(18)8-7-13-5-3-4-6-13/h13-14H,3-12H2,1-2H3/t14-/m1/s1. The molecule has 4 nitrogen and oxygen atoms in total. The second-order valence-electron chi connectivity index (χ2n) is 6.27. The Morgan fingerprint density at radius 1 is 1.32 bits per heavy atom. The number of carbonyl (C=O) groups excluding carboxylic acids is 1. The molecule has 0 radical (unpaired) electrons. The van der Waals surface area contributed by atoms with Gasteiger partial charge in [-0.15, -0.1) is 0 Å². The Labute approximate surface area is 117 Å². The topological polar surface area (TPSA) is 32.8 Å². The zero-order valence-electron chi connectivity index (χ0n) is 12.4. The van der Waals surface area contributed by atoms with Gasteiger partial charge in [-0.1, -0.05) is 25.7 Å². The van der Waals surface area contributed by atoms with Crippen molar-refractivity contribution < 1.29 is 9.53 Å². The summed E-state index contributed by atoms with van der Waals surface area (Å²) in [5.41, 5.74) is 0. The molecule has 1 aliphatic heterocycles. The van der Waals surface area contributed by atoms with Gasteiger partial charge >= 0.3 is 0 Å². The summed E-state index contributed by atoms with van der Waals surface area (Å²) in [5, 5.41) is 0. The van der Waals surface area contributed by atoms with Crippen molar-refractivity contribution in [2.45, 2.75) is 44.6 Å². The van der Waals surface area contributed by atoms with Gasteiger partial charge in [0.25, 0.3) is 0 Å². The fourth-order valence-electron chi connectivity index (χ4n) is 3.33. The highest BCUT2D eigenvalue weighted by Gasteiger charge is 2.28. The molecule has 0 N–H and O–H groups in total. The molecule has 1 heterocycles. The first kappa shape index (κ1) is 14.8. The summed E-state index contributed by atoms with van der Waals surface area (Å²) in [6.45, 7) is 3.05. The molecule has 1 saturated heterocycles. The maximum Gasteiger partial charge on any atom is 0.223 e. The molecule has 0 aromatic rings. The Hall–Kier alpha value is -0.610. The van der Waals surface area contributed by atoms with E-state index in [2.05, 4.69) is 23.9 Å². The van der Waals surface area contributed by atoms with Crippen LogP contribution in [0.15, 0.2) is 0 Å². The monoisotopic (exact) mass is 268 g/mol. The Balaban J connectivity index is 1.80. The Bertz CT molecular complexity index is 288. The van der Waals surface area contributed by atoms with Crippen LogP contribution in [0.2, 0.25) is 0 Å². The normalized spacial score (nSPS) is 25.2. The van der Waals surface area contributed by atoms with E-state index in [1.54, 1.807) is 0 Å². The van der Waals surface area contributed by atoms with E-state index in [0.29, 0.717) is 19.1 Å². The van der Waals surface area contributed by atoms with Crippen LogP contribution in [0.25, 0.3) is 0 Å². The molecule has 4 heteroatoms. The molecule has 19 heavy (non-hydrogen) atoms. The molecule has 0 spiro atoms. The minimum Gasteiger partial charge on any atom is -0.377 e. The van der Waals surface area contributed by atoms with Crippen LogP contribution in [0, 0.1) is 5.92 Å². The number of amides is 1. The largest absolute Gasteiger partial charge is 0.377 e. The number of morpholine rings is 1. The van der Waals surface area contributed by atoms with Crippen LogP contribution in [-0.4, -0.2) is 62.1 Å². The fraction of sp³-hybridized carbons (Fsp3) is 0.933. The minimum atomic E-state index is 0.236. The van der Waals surface area contributed by atoms with Crippen molar-refractivity contribution in [3.05, 3.63) is 0 Å². The van der Waals surface area contributed by atoms with E-state index < -0.39 is 0 Å². The first-order valence-electron chi connectivity index (χ1n) is 7.68. The van der Waals surface area contributed by atoms with Crippen LogP contribution in [0.3, 0.4) is 0 Å². The third-order valence-corrected chi connectivity index (χ3v) is 4.36. The number of hydrogen-bond donors (Lipinski definition) is 0. The second kappa shape index (κ2) is 7.25. The molecule has 2 fully saturated rings. The first-order chi connectivity index (χ1) is 9.16. The number of hydrogen-bond acceptors (Lipinski definition) is 3. The molecule has 0 bridgehead atoms. The molecule has 0 aromatic carbocycles. The number of likely N-dealkylation sites (N-methyl/N-ethyl adjacent to an activating group) is 1. The molecule has 2 aliphatic rings. The first-order valence-corrected chi connectivity index (χ1v) is 7.68. The van der Waals surface area contributed by atoms with E-state index in [-0.39, 0.29) is 6.04 Å². The summed E-state index contributed by atoms with van der Waals surface area (Å²) in [6, 6.07) is 0.236. The minimum absolute atomic E-state index is 0.236. The zero-order valence-corrected chi connectivity index (χ0v) is 12.4. The van der Waals surface area contributed by atoms with Gasteiger partial charge in [0.2, 0.25) is 5.91 Å². The lowest BCUT2D eigenvalue weighted by Crippen LogP contribution is -2.52. The molecule has 0 unspecified atom stereocenters. The molecule has 1 amide bonds. The molecular weight excluding hydrogens is 240 g/mol. The summed E-state index contributed by atoms with van der Waals surface area (Å²) < 4.78 is 5.52. The molecule has 1 saturated carbocycles. The van der Waals surface area contributed by atoms with Gasteiger partial charge in [-0.2, -0.15) is 0 Å². The van der Waals surface area contributed by atoms with E-state index in [9.17, 15) is 4.79 Å². The Kier molecular flexibility index (Phi) is 5.64. The van der Waals surface area contributed by atoms with Crippen molar-refractivity contribution in [1.29, 1.82) is 0 Å². The van der Waals surface area contributed by atoms with Gasteiger partial charge < -0.3 is 14.5 Å². The third kappa shape index (κ3) is 4.46. The van der Waals surface area contributed by atoms with Gasteiger partial charge in [-0.3, -0.25) is 4.79 Å². The van der Waals surface area contributed by atoms with Crippen LogP contribution in [0.5, 0.6) is 0 Å². The summed E-state index contributed by atoms with van der Waals surface area (Å²) in [5.74, 6) is 1.14. The summed E-state index contributed by atoms with van der Waals surface area (Å²) in [7, 11) is 4.10. The molecule has 1 atom stereocenters. The summed E-state index contributed by atoms with van der Waals surface area (Å²) in [4.78, 5) is 16.6. The number of nitrogens with zero attached hydrogens (tertiary/aromatic N) is 2. The van der Waals surface area contributed by atoms with Crippen molar-refractivity contribution >= 4 is 5.91 Å². The number of rotatable bonds is 5. The highest BCUT2D eigenvalue weighted by molar-refractivity contribution is 5.76. The van der Waals surface area contributed by atoms with Crippen molar-refractivity contribution in [1.82, 2.24) is 9.80 Å². The average molecular weight is 268 g/mol. The van der Waals surface area contributed by atoms with Gasteiger partial charge in [-0.25, -0.2) is 0 Å². The van der Waals surface area contributed by atoms with E-state index in [4.69, 9.17) is 4.74 Å². The van der Waals surface area contributed by atoms with E-state index in [1.807, 2.05) is 0 Å². The van der Waals surface area contributed by atoms with Gasteiger partial charge in [0.05, 0.1) is 19.3 Å². The van der Waals surface area contributed by atoms with Crippen molar-refractivity contribution in [3.8, 4) is 0 Å². The lowest BCUT2D eigenvalue weighted by atomic mass is 10.0. The molecule has 0 aromatic heterocycles. The smallest absolute Gasteiger partial charge is 0.223 e. The van der Waals surface area contributed by atoms with E-state index in [0.717, 1.165) is 31.8 Å². The van der Waals surface area contributed by atoms with Crippen LogP contribution in [-0.2, 0) is 9.53 Å². The maximum absolute atomic E-state index is 12.4. The second-order valence-corrected chi connectivity index (χ2v) is 6.27. The van der Waals surface area contributed by atoms with Gasteiger partial charge in [0, 0.05) is 19.5 Å². The van der Waals surface area contributed by atoms with E-state index >= 15 is 0 Å². The summed E-state index contributed by atoms with van der Waals surface area (Å²) >= 11 is 0. The van der Waals surface area contributed by atoms with Crippen LogP contribution < -0.4 is 0 Å². The lowest BCUT2D eigenvalue weighted by Gasteiger charge is -2.37. The summed E-state index contributed by atoms with van der Waals surface area (Å²) in [6.07, 6.45) is 7.20. The predicted octanol–water partition coefficient (Wildman–Crippen LogP) is 1.75. The fourth-order valence-corrected chi connectivity index (χ4v) is 3.33. The maximum atomic E-state index is 12.4. The molecule has 110 valence electrons. The molecule has 1 aliphatic carbocycles. The predicted molar refractivity (Wildman–Crippen MR) is 76.1 cm³/mol. The lowest BCUT2D eigenvalue weighted by molar-refractivity contribution is -0.140. The highest BCUT2D eigenvalue weighted by atomic mass is 16.5. The van der Waals surface area contributed by atoms with Crippen molar-refractivity contribution in [2.24, 2.45) is 5.92 Å². The third-order valence-electron chi connectivity index (χ3n) is 4.36. The van der Waals surface area contributed by atoms with Crippen LogP contribution in [0.1, 0.15) is 38.5 Å². The van der Waals surface area contributed by atoms with Crippen LogP contribution >= 0.6 is 0 Å². The zero-order chi connectivity index (χ0) is 13.7. The average Bonchev–Trinajstić information content (AvgIpc) is 2.89. The molecular formula is C15H28N2O2. The van der Waals surface area contributed by atoms with E-state index in [1.165, 1.54) is 25.7 Å². The van der Waals surface area contributed by atoms with Crippen molar-refractivity contribution in [2.75, 3.05) is 40.4 Å².